The summed E-state index contributed by atoms with van der Waals surface area (Å²) in [6.07, 6.45) is 13.6. The maximum atomic E-state index is 6.22. The first-order chi connectivity index (χ1) is 9.99. The first-order valence-electron chi connectivity index (χ1n) is 6.81. The maximum Gasteiger partial charge on any atom is 0.163 e. The Kier molecular flexibility index (Phi) is 6.04. The molecular weight excluding hydrogens is 327 g/mol. The molecule has 0 bridgehead atoms. The maximum absolute atomic E-state index is 6.22. The lowest BCUT2D eigenvalue weighted by Gasteiger charge is -2.24. The molecule has 0 saturated carbocycles. The average Bonchev–Trinajstić information content (AvgIpc) is 2.51. The summed E-state index contributed by atoms with van der Waals surface area (Å²) in [6.45, 7) is 0. The van der Waals surface area contributed by atoms with Crippen LogP contribution >= 0.6 is 35.0 Å². The minimum Gasteiger partial charge on any atom is -0.359 e. The molecule has 0 aromatic rings. The van der Waals surface area contributed by atoms with Crippen molar-refractivity contribution in [1.82, 2.24) is 0 Å². The van der Waals surface area contributed by atoms with E-state index < -0.39 is 10.1 Å². The molecule has 2 aliphatic carbocycles. The average molecular weight is 347 g/mol. The first kappa shape index (κ1) is 17.2. The smallest absolute Gasteiger partial charge is 0.163 e. The predicted octanol–water partition coefficient (Wildman–Crippen LogP) is 4.66. The standard InChI is InChI=1S/C16H20Cl2O2S/c1-19-15(17)7-3-13(4-8-15)11-21-12-14-5-9-16(18,20-2)10-6-14/h3-7,9H,8,10-12H2,1-2H3. The number of hydrogen-bond donors (Lipinski definition) is 0. The normalized spacial score (nSPS) is 32.0. The number of rotatable bonds is 6. The molecule has 0 aliphatic heterocycles. The van der Waals surface area contributed by atoms with Gasteiger partial charge in [-0.25, -0.2) is 0 Å². The van der Waals surface area contributed by atoms with E-state index in [1.165, 1.54) is 11.1 Å². The highest BCUT2D eigenvalue weighted by atomic mass is 35.5. The van der Waals surface area contributed by atoms with Gasteiger partial charge in [-0.1, -0.05) is 47.5 Å². The number of halogens is 2. The SMILES string of the molecule is COC1(Cl)C=CC(CSCC2=CCC(Cl)(OC)C=C2)=CC1. The molecule has 0 fully saturated rings. The van der Waals surface area contributed by atoms with Crippen molar-refractivity contribution in [3.05, 3.63) is 47.6 Å². The molecule has 2 nitrogen and oxygen atoms in total. The zero-order valence-electron chi connectivity index (χ0n) is 12.3. The Morgan fingerprint density at radius 1 is 0.952 bits per heavy atom. The van der Waals surface area contributed by atoms with Gasteiger partial charge in [-0.2, -0.15) is 11.8 Å². The fourth-order valence-electron chi connectivity index (χ4n) is 2.08. The van der Waals surface area contributed by atoms with Crippen LogP contribution in [0.2, 0.25) is 0 Å². The number of thioether (sulfide) groups is 1. The number of hydrogen-bond acceptors (Lipinski definition) is 3. The molecule has 0 amide bonds. The molecule has 0 saturated heterocycles. The third kappa shape index (κ3) is 4.90. The van der Waals surface area contributed by atoms with Crippen LogP contribution in [-0.4, -0.2) is 35.8 Å². The second-order valence-electron chi connectivity index (χ2n) is 5.11. The molecule has 21 heavy (non-hydrogen) atoms. The van der Waals surface area contributed by atoms with Crippen molar-refractivity contribution in [3.8, 4) is 0 Å². The minimum atomic E-state index is -0.660. The highest BCUT2D eigenvalue weighted by Gasteiger charge is 2.25. The van der Waals surface area contributed by atoms with E-state index in [1.54, 1.807) is 14.2 Å². The zero-order chi connectivity index (χ0) is 15.3. The summed E-state index contributed by atoms with van der Waals surface area (Å²) in [7, 11) is 3.26. The zero-order valence-corrected chi connectivity index (χ0v) is 14.6. The molecule has 0 N–H and O–H groups in total. The van der Waals surface area contributed by atoms with Gasteiger partial charge in [0.25, 0.3) is 0 Å². The Bertz CT molecular complexity index is 455. The molecule has 0 aromatic carbocycles. The molecule has 2 rings (SSSR count). The van der Waals surface area contributed by atoms with E-state index in [0.717, 1.165) is 11.5 Å². The minimum absolute atomic E-state index is 0.660. The van der Waals surface area contributed by atoms with E-state index in [-0.39, 0.29) is 0 Å². The van der Waals surface area contributed by atoms with Crippen molar-refractivity contribution in [3.63, 3.8) is 0 Å². The molecule has 5 heteroatoms. The van der Waals surface area contributed by atoms with Crippen molar-refractivity contribution in [2.45, 2.75) is 23.0 Å². The number of allylic oxidation sites excluding steroid dienone is 2. The van der Waals surface area contributed by atoms with Gasteiger partial charge < -0.3 is 9.47 Å². The van der Waals surface area contributed by atoms with Crippen LogP contribution in [0.25, 0.3) is 0 Å². The van der Waals surface area contributed by atoms with Crippen LogP contribution in [0.15, 0.2) is 47.6 Å². The van der Waals surface area contributed by atoms with Crippen LogP contribution < -0.4 is 0 Å². The van der Waals surface area contributed by atoms with Crippen molar-refractivity contribution >= 4 is 35.0 Å². The Morgan fingerprint density at radius 3 is 1.67 bits per heavy atom. The monoisotopic (exact) mass is 346 g/mol. The highest BCUT2D eigenvalue weighted by Crippen LogP contribution is 2.31. The van der Waals surface area contributed by atoms with Gasteiger partial charge in [-0.3, -0.25) is 0 Å². The van der Waals surface area contributed by atoms with Crippen LogP contribution in [-0.2, 0) is 9.47 Å². The van der Waals surface area contributed by atoms with Crippen LogP contribution in [0.4, 0.5) is 0 Å². The molecule has 0 heterocycles. The lowest BCUT2D eigenvalue weighted by molar-refractivity contribution is 0.106. The molecule has 0 spiro atoms. The van der Waals surface area contributed by atoms with Gasteiger partial charge in [-0.15, -0.1) is 0 Å². The van der Waals surface area contributed by atoms with E-state index in [0.29, 0.717) is 12.8 Å². The van der Waals surface area contributed by atoms with Gasteiger partial charge in [-0.05, 0) is 23.3 Å². The van der Waals surface area contributed by atoms with E-state index in [1.807, 2.05) is 36.1 Å². The van der Waals surface area contributed by atoms with Crippen LogP contribution in [0, 0.1) is 0 Å². The molecule has 116 valence electrons. The largest absolute Gasteiger partial charge is 0.359 e. The van der Waals surface area contributed by atoms with E-state index in [9.17, 15) is 0 Å². The summed E-state index contributed by atoms with van der Waals surface area (Å²) in [4.78, 5) is 0. The Morgan fingerprint density at radius 2 is 1.38 bits per heavy atom. The van der Waals surface area contributed by atoms with Gasteiger partial charge in [0.05, 0.1) is 0 Å². The second-order valence-corrected chi connectivity index (χ2v) is 7.37. The number of alkyl halides is 2. The summed E-state index contributed by atoms with van der Waals surface area (Å²) in [5, 5.41) is -1.32. The van der Waals surface area contributed by atoms with Crippen molar-refractivity contribution in [2.24, 2.45) is 0 Å². The van der Waals surface area contributed by atoms with Gasteiger partial charge in [0.2, 0.25) is 0 Å². The van der Waals surface area contributed by atoms with E-state index in [4.69, 9.17) is 32.7 Å². The summed E-state index contributed by atoms with van der Waals surface area (Å²) < 4.78 is 10.5. The summed E-state index contributed by atoms with van der Waals surface area (Å²) >= 11 is 14.3. The van der Waals surface area contributed by atoms with Crippen molar-refractivity contribution in [2.75, 3.05) is 25.7 Å². The van der Waals surface area contributed by atoms with Crippen LogP contribution in [0.1, 0.15) is 12.8 Å². The van der Waals surface area contributed by atoms with E-state index >= 15 is 0 Å². The Labute approximate surface area is 140 Å². The molecule has 2 aliphatic rings. The van der Waals surface area contributed by atoms with Crippen molar-refractivity contribution in [1.29, 1.82) is 0 Å². The van der Waals surface area contributed by atoms with Crippen LogP contribution in [0.5, 0.6) is 0 Å². The molecule has 2 atom stereocenters. The van der Waals surface area contributed by atoms with Crippen molar-refractivity contribution < 1.29 is 9.47 Å². The number of methoxy groups -OCH3 is 2. The molecule has 0 aromatic heterocycles. The van der Waals surface area contributed by atoms with Gasteiger partial charge in [0.15, 0.2) is 10.1 Å². The second kappa shape index (κ2) is 7.38. The van der Waals surface area contributed by atoms with E-state index in [2.05, 4.69) is 12.2 Å². The molecule has 2 unspecified atom stereocenters. The Hall–Kier alpha value is -0.190. The highest BCUT2D eigenvalue weighted by molar-refractivity contribution is 7.99. The lowest BCUT2D eigenvalue weighted by atomic mass is 10.1. The number of ether oxygens (including phenoxy) is 2. The Balaban J connectivity index is 1.75. The quantitative estimate of drug-likeness (QED) is 0.652. The van der Waals surface area contributed by atoms with Gasteiger partial charge >= 0.3 is 0 Å². The molecule has 0 radical (unpaired) electrons. The molecular formula is C16H20Cl2O2S. The van der Waals surface area contributed by atoms with Crippen LogP contribution in [0.3, 0.4) is 0 Å². The van der Waals surface area contributed by atoms with Gasteiger partial charge in [0, 0.05) is 38.6 Å². The third-order valence-corrected chi connectivity index (χ3v) is 5.54. The fourth-order valence-corrected chi connectivity index (χ4v) is 3.36. The fraction of sp³-hybridized carbons (Fsp3) is 0.500. The summed E-state index contributed by atoms with van der Waals surface area (Å²) in [5.74, 6) is 1.93. The van der Waals surface area contributed by atoms with Gasteiger partial charge in [0.1, 0.15) is 0 Å². The lowest BCUT2D eigenvalue weighted by Crippen LogP contribution is -2.22. The third-order valence-electron chi connectivity index (χ3n) is 3.59. The predicted molar refractivity (Wildman–Crippen MR) is 92.2 cm³/mol. The topological polar surface area (TPSA) is 18.5 Å². The first-order valence-corrected chi connectivity index (χ1v) is 8.72. The summed E-state index contributed by atoms with van der Waals surface area (Å²) in [6, 6.07) is 0. The summed E-state index contributed by atoms with van der Waals surface area (Å²) in [5.41, 5.74) is 2.58.